The van der Waals surface area contributed by atoms with E-state index in [1.165, 1.54) is 18.2 Å². The van der Waals surface area contributed by atoms with Crippen LogP contribution < -0.4 is 16.0 Å². The number of aryl methyl sites for hydroxylation is 1. The summed E-state index contributed by atoms with van der Waals surface area (Å²) in [5.74, 6) is -0.971. The lowest BCUT2D eigenvalue weighted by Crippen LogP contribution is -2.31. The standard InChI is InChI=1S/C17H13ClFN3O3/c1-7-5-8-13-12(6-9(16(23)24)15(8)25-7)20-17(21-13)22-14-10(18)3-2-4-11(14)19/h2-6,17,20-22H,1H3,(H,23,24). The van der Waals surface area contributed by atoms with E-state index in [-0.39, 0.29) is 16.3 Å². The van der Waals surface area contributed by atoms with E-state index in [0.29, 0.717) is 28.1 Å². The molecule has 25 heavy (non-hydrogen) atoms. The van der Waals surface area contributed by atoms with Crippen LogP contribution in [0.1, 0.15) is 16.1 Å². The molecule has 4 N–H and O–H groups in total. The van der Waals surface area contributed by atoms with Gasteiger partial charge in [0.15, 0.2) is 11.9 Å². The molecule has 1 atom stereocenters. The largest absolute Gasteiger partial charge is 0.478 e. The van der Waals surface area contributed by atoms with Gasteiger partial charge in [0.2, 0.25) is 0 Å². The predicted octanol–water partition coefficient (Wildman–Crippen LogP) is 4.47. The molecule has 128 valence electrons. The highest BCUT2D eigenvalue weighted by Gasteiger charge is 2.27. The van der Waals surface area contributed by atoms with Crippen LogP contribution in [-0.2, 0) is 0 Å². The zero-order chi connectivity index (χ0) is 17.7. The zero-order valence-corrected chi connectivity index (χ0v) is 13.7. The molecule has 1 unspecified atom stereocenters. The first-order valence-electron chi connectivity index (χ1n) is 7.48. The van der Waals surface area contributed by atoms with Gasteiger partial charge in [0.25, 0.3) is 0 Å². The summed E-state index contributed by atoms with van der Waals surface area (Å²) in [5.41, 5.74) is 1.76. The SMILES string of the molecule is Cc1cc2c3c(cc(C(=O)O)c2o1)NC(Nc1c(F)cccc1Cl)N3. The summed E-state index contributed by atoms with van der Waals surface area (Å²) in [7, 11) is 0. The van der Waals surface area contributed by atoms with Crippen molar-refractivity contribution in [3.05, 3.63) is 52.5 Å². The van der Waals surface area contributed by atoms with Crippen LogP contribution in [0.2, 0.25) is 5.02 Å². The average Bonchev–Trinajstić information content (AvgIpc) is 3.12. The third kappa shape index (κ3) is 2.53. The summed E-state index contributed by atoms with van der Waals surface area (Å²) in [6, 6.07) is 7.64. The van der Waals surface area contributed by atoms with Gasteiger partial charge in [-0.15, -0.1) is 0 Å². The van der Waals surface area contributed by atoms with Gasteiger partial charge in [-0.05, 0) is 31.2 Å². The lowest BCUT2D eigenvalue weighted by molar-refractivity contribution is 0.0698. The molecule has 8 heteroatoms. The Labute approximate surface area is 146 Å². The van der Waals surface area contributed by atoms with E-state index in [2.05, 4.69) is 16.0 Å². The Morgan fingerprint density at radius 1 is 1.36 bits per heavy atom. The second-order valence-corrected chi connectivity index (χ2v) is 6.12. The van der Waals surface area contributed by atoms with Crippen LogP contribution in [0.4, 0.5) is 21.5 Å². The summed E-state index contributed by atoms with van der Waals surface area (Å²) >= 11 is 6.03. The lowest BCUT2D eigenvalue weighted by Gasteiger charge is -2.17. The van der Waals surface area contributed by atoms with Crippen molar-refractivity contribution in [2.24, 2.45) is 0 Å². The van der Waals surface area contributed by atoms with Gasteiger partial charge < -0.3 is 25.5 Å². The fraction of sp³-hybridized carbons (Fsp3) is 0.118. The summed E-state index contributed by atoms with van der Waals surface area (Å²) in [6.45, 7) is 1.75. The van der Waals surface area contributed by atoms with E-state index in [0.717, 1.165) is 0 Å². The molecule has 1 aliphatic rings. The van der Waals surface area contributed by atoms with Crippen LogP contribution in [0.3, 0.4) is 0 Å². The first kappa shape index (κ1) is 15.6. The van der Waals surface area contributed by atoms with Crippen molar-refractivity contribution in [3.8, 4) is 0 Å². The molecule has 3 aromatic rings. The maximum atomic E-state index is 14.0. The van der Waals surface area contributed by atoms with Crippen LogP contribution in [-0.4, -0.2) is 17.4 Å². The van der Waals surface area contributed by atoms with Crippen LogP contribution in [0.25, 0.3) is 11.0 Å². The number of fused-ring (bicyclic) bond motifs is 3. The second-order valence-electron chi connectivity index (χ2n) is 5.71. The Morgan fingerprint density at radius 2 is 2.16 bits per heavy atom. The maximum Gasteiger partial charge on any atom is 0.339 e. The summed E-state index contributed by atoms with van der Waals surface area (Å²) in [5, 5.41) is 19.5. The van der Waals surface area contributed by atoms with Crippen LogP contribution in [0, 0.1) is 12.7 Å². The van der Waals surface area contributed by atoms with Crippen molar-refractivity contribution in [2.45, 2.75) is 13.2 Å². The topological polar surface area (TPSA) is 86.5 Å². The normalized spacial score (nSPS) is 15.6. The molecule has 0 saturated heterocycles. The smallest absolute Gasteiger partial charge is 0.339 e. The zero-order valence-electron chi connectivity index (χ0n) is 13.0. The number of halogens is 2. The number of anilines is 3. The molecular formula is C17H13ClFN3O3. The molecule has 1 aliphatic heterocycles. The lowest BCUT2D eigenvalue weighted by atomic mass is 10.1. The number of benzene rings is 2. The van der Waals surface area contributed by atoms with E-state index >= 15 is 0 Å². The Hall–Kier alpha value is -2.93. The van der Waals surface area contributed by atoms with E-state index in [1.54, 1.807) is 19.1 Å². The van der Waals surface area contributed by atoms with Gasteiger partial charge in [-0.3, -0.25) is 0 Å². The quantitative estimate of drug-likeness (QED) is 0.551. The number of rotatable bonds is 3. The number of hydrogen-bond acceptors (Lipinski definition) is 5. The first-order valence-corrected chi connectivity index (χ1v) is 7.86. The van der Waals surface area contributed by atoms with E-state index < -0.39 is 18.1 Å². The number of aromatic carboxylic acids is 1. The van der Waals surface area contributed by atoms with Crippen LogP contribution in [0.5, 0.6) is 0 Å². The van der Waals surface area contributed by atoms with Gasteiger partial charge >= 0.3 is 5.97 Å². The molecular weight excluding hydrogens is 349 g/mol. The Kier molecular flexibility index (Phi) is 3.47. The number of hydrogen-bond donors (Lipinski definition) is 4. The van der Waals surface area contributed by atoms with Crippen molar-refractivity contribution in [1.29, 1.82) is 0 Å². The van der Waals surface area contributed by atoms with Gasteiger partial charge in [0, 0.05) is 5.39 Å². The highest BCUT2D eigenvalue weighted by atomic mass is 35.5. The van der Waals surface area contributed by atoms with E-state index in [1.807, 2.05) is 0 Å². The van der Waals surface area contributed by atoms with E-state index in [4.69, 9.17) is 16.0 Å². The van der Waals surface area contributed by atoms with E-state index in [9.17, 15) is 14.3 Å². The van der Waals surface area contributed by atoms with Crippen molar-refractivity contribution < 1.29 is 18.7 Å². The van der Waals surface area contributed by atoms with Crippen molar-refractivity contribution in [2.75, 3.05) is 16.0 Å². The van der Waals surface area contributed by atoms with Gasteiger partial charge in [-0.1, -0.05) is 17.7 Å². The monoisotopic (exact) mass is 361 g/mol. The minimum absolute atomic E-state index is 0.0562. The number of carboxylic acid groups (broad SMARTS) is 1. The van der Waals surface area contributed by atoms with Crippen LogP contribution in [0.15, 0.2) is 34.7 Å². The molecule has 4 rings (SSSR count). The van der Waals surface area contributed by atoms with Crippen molar-refractivity contribution in [1.82, 2.24) is 0 Å². The Bertz CT molecular complexity index is 998. The molecule has 0 bridgehead atoms. The molecule has 1 aromatic heterocycles. The number of carbonyl (C=O) groups is 1. The number of para-hydroxylation sites is 1. The molecule has 6 nitrogen and oxygen atoms in total. The van der Waals surface area contributed by atoms with Gasteiger partial charge in [0.1, 0.15) is 17.1 Å². The Morgan fingerprint density at radius 3 is 2.88 bits per heavy atom. The third-order valence-corrected chi connectivity index (χ3v) is 4.31. The molecule has 2 heterocycles. The molecule has 0 radical (unpaired) electrons. The molecule has 0 amide bonds. The first-order chi connectivity index (χ1) is 11.9. The summed E-state index contributed by atoms with van der Waals surface area (Å²) in [6.07, 6.45) is -0.563. The molecule has 0 saturated carbocycles. The minimum atomic E-state index is -1.09. The molecule has 2 aromatic carbocycles. The second kappa shape index (κ2) is 5.56. The molecule has 0 fully saturated rings. The highest BCUT2D eigenvalue weighted by molar-refractivity contribution is 6.33. The van der Waals surface area contributed by atoms with Gasteiger partial charge in [0.05, 0.1) is 22.1 Å². The third-order valence-electron chi connectivity index (χ3n) is 4.00. The molecule has 0 spiro atoms. The van der Waals surface area contributed by atoms with Crippen LogP contribution >= 0.6 is 11.6 Å². The number of carboxylic acids is 1. The Balaban J connectivity index is 1.73. The highest BCUT2D eigenvalue weighted by Crippen LogP contribution is 2.40. The van der Waals surface area contributed by atoms with Crippen molar-refractivity contribution in [3.63, 3.8) is 0 Å². The summed E-state index contributed by atoms with van der Waals surface area (Å²) in [4.78, 5) is 11.5. The van der Waals surface area contributed by atoms with Crippen molar-refractivity contribution >= 4 is 45.6 Å². The number of furan rings is 1. The van der Waals surface area contributed by atoms with Gasteiger partial charge in [-0.2, -0.15) is 0 Å². The predicted molar refractivity (Wildman–Crippen MR) is 94.0 cm³/mol. The summed E-state index contributed by atoms with van der Waals surface area (Å²) < 4.78 is 19.5. The molecule has 0 aliphatic carbocycles. The fourth-order valence-electron chi connectivity index (χ4n) is 2.94. The maximum absolute atomic E-state index is 14.0. The fourth-order valence-corrected chi connectivity index (χ4v) is 3.16. The van der Waals surface area contributed by atoms with Gasteiger partial charge in [-0.25, -0.2) is 9.18 Å². The minimum Gasteiger partial charge on any atom is -0.478 e. The average molecular weight is 362 g/mol. The number of nitrogens with one attached hydrogen (secondary N) is 3.